The van der Waals surface area contributed by atoms with Crippen molar-refractivity contribution < 1.29 is 38.1 Å². The van der Waals surface area contributed by atoms with Crippen LogP contribution in [0.2, 0.25) is 0 Å². The van der Waals surface area contributed by atoms with Gasteiger partial charge in [-0.1, -0.05) is 40.7 Å². The summed E-state index contributed by atoms with van der Waals surface area (Å²) < 4.78 is 26.0. The molecule has 1 aromatic carbocycles. The first kappa shape index (κ1) is 28.2. The highest BCUT2D eigenvalue weighted by Crippen LogP contribution is 2.30. The van der Waals surface area contributed by atoms with Crippen LogP contribution in [0.3, 0.4) is 0 Å². The van der Waals surface area contributed by atoms with Crippen LogP contribution in [0.25, 0.3) is 0 Å². The lowest BCUT2D eigenvalue weighted by Crippen LogP contribution is -2.39. The van der Waals surface area contributed by atoms with E-state index in [4.69, 9.17) is 23.7 Å². The standard InChI is InChI=1S/C24H37NO8/c1-9-25-19(22(26)29-8)12-18-10-11-20(32-23(27)30-16(6)14(2)3)21(13-18)33-24(28)31-17(7)15(4)5/h10-11,13-17,19,25H,9,12H2,1-8H3/t16?,17?,19-/m0/s1. The second-order valence-corrected chi connectivity index (χ2v) is 8.46. The predicted molar refractivity (Wildman–Crippen MR) is 122 cm³/mol. The van der Waals surface area contributed by atoms with Crippen LogP contribution < -0.4 is 14.8 Å². The molecular weight excluding hydrogens is 430 g/mol. The van der Waals surface area contributed by atoms with Crippen molar-refractivity contribution in [2.24, 2.45) is 11.8 Å². The molecule has 0 radical (unpaired) electrons. The summed E-state index contributed by atoms with van der Waals surface area (Å²) in [5, 5.41) is 3.05. The molecule has 1 rings (SSSR count). The number of methoxy groups -OCH3 is 1. The Balaban J connectivity index is 3.14. The van der Waals surface area contributed by atoms with Gasteiger partial charge in [-0.25, -0.2) is 9.59 Å². The second-order valence-electron chi connectivity index (χ2n) is 8.46. The van der Waals surface area contributed by atoms with Gasteiger partial charge in [0.15, 0.2) is 11.5 Å². The van der Waals surface area contributed by atoms with Crippen molar-refractivity contribution in [2.45, 2.75) is 73.1 Å². The summed E-state index contributed by atoms with van der Waals surface area (Å²) in [7, 11) is 1.31. The Morgan fingerprint density at radius 3 is 1.82 bits per heavy atom. The highest BCUT2D eigenvalue weighted by Gasteiger charge is 2.23. The normalized spacial score (nSPS) is 13.8. The quantitative estimate of drug-likeness (QED) is 0.286. The van der Waals surface area contributed by atoms with E-state index in [9.17, 15) is 14.4 Å². The van der Waals surface area contributed by atoms with E-state index in [-0.39, 0.29) is 42.0 Å². The summed E-state index contributed by atoms with van der Waals surface area (Å²) in [5.74, 6) is -0.261. The van der Waals surface area contributed by atoms with E-state index in [1.54, 1.807) is 19.9 Å². The maximum absolute atomic E-state index is 12.3. The Labute approximate surface area is 196 Å². The number of hydrogen-bond acceptors (Lipinski definition) is 9. The fourth-order valence-corrected chi connectivity index (χ4v) is 2.51. The second kappa shape index (κ2) is 13.7. The Kier molecular flexibility index (Phi) is 11.7. The zero-order chi connectivity index (χ0) is 25.1. The Bertz CT molecular complexity index is 793. The number of carbonyl (C=O) groups is 3. The average Bonchev–Trinajstić information content (AvgIpc) is 2.74. The van der Waals surface area contributed by atoms with Crippen LogP contribution in [0, 0.1) is 11.8 Å². The molecule has 0 saturated heterocycles. The lowest BCUT2D eigenvalue weighted by atomic mass is 10.1. The lowest BCUT2D eigenvalue weighted by Gasteiger charge is -2.19. The van der Waals surface area contributed by atoms with Crippen LogP contribution >= 0.6 is 0 Å². The molecule has 0 heterocycles. The number of benzene rings is 1. The van der Waals surface area contributed by atoms with Crippen molar-refractivity contribution in [1.29, 1.82) is 0 Å². The molecule has 186 valence electrons. The molecule has 0 fully saturated rings. The lowest BCUT2D eigenvalue weighted by molar-refractivity contribution is -0.143. The molecule has 2 unspecified atom stereocenters. The molecular formula is C24H37NO8. The molecule has 0 bridgehead atoms. The number of nitrogens with one attached hydrogen (secondary N) is 1. The van der Waals surface area contributed by atoms with Gasteiger partial charge >= 0.3 is 18.3 Å². The number of rotatable bonds is 11. The molecule has 0 amide bonds. The molecule has 0 aromatic heterocycles. The van der Waals surface area contributed by atoms with Gasteiger partial charge in [-0.05, 0) is 56.3 Å². The molecule has 0 aliphatic rings. The summed E-state index contributed by atoms with van der Waals surface area (Å²) in [5.41, 5.74) is 0.655. The molecule has 0 aliphatic heterocycles. The number of carbonyl (C=O) groups excluding carboxylic acids is 3. The number of hydrogen-bond donors (Lipinski definition) is 1. The molecule has 9 nitrogen and oxygen atoms in total. The van der Waals surface area contributed by atoms with Gasteiger partial charge in [-0.2, -0.15) is 0 Å². The summed E-state index contributed by atoms with van der Waals surface area (Å²) in [4.78, 5) is 36.6. The number of esters is 1. The summed E-state index contributed by atoms with van der Waals surface area (Å²) >= 11 is 0. The Hall–Kier alpha value is -2.81. The van der Waals surface area contributed by atoms with Gasteiger partial charge in [0, 0.05) is 0 Å². The SMILES string of the molecule is CCN[C@@H](Cc1ccc(OC(=O)OC(C)C(C)C)c(OC(=O)OC(C)C(C)C)c1)C(=O)OC. The Morgan fingerprint density at radius 2 is 1.36 bits per heavy atom. The summed E-state index contributed by atoms with van der Waals surface area (Å²) in [6, 6.07) is 4.06. The first-order valence-electron chi connectivity index (χ1n) is 11.2. The highest BCUT2D eigenvalue weighted by atomic mass is 16.7. The molecule has 3 atom stereocenters. The topological polar surface area (TPSA) is 109 Å². The van der Waals surface area contributed by atoms with E-state index in [1.807, 2.05) is 34.6 Å². The largest absolute Gasteiger partial charge is 0.514 e. The van der Waals surface area contributed by atoms with Crippen LogP contribution in [0.5, 0.6) is 11.5 Å². The predicted octanol–water partition coefficient (Wildman–Crippen LogP) is 4.50. The minimum atomic E-state index is -0.932. The first-order valence-corrected chi connectivity index (χ1v) is 11.2. The van der Waals surface area contributed by atoms with E-state index >= 15 is 0 Å². The van der Waals surface area contributed by atoms with Gasteiger partial charge in [0.05, 0.1) is 7.11 Å². The van der Waals surface area contributed by atoms with Crippen molar-refractivity contribution in [3.05, 3.63) is 23.8 Å². The monoisotopic (exact) mass is 467 g/mol. The average molecular weight is 468 g/mol. The molecule has 0 saturated carbocycles. The zero-order valence-electron chi connectivity index (χ0n) is 20.8. The van der Waals surface area contributed by atoms with Crippen molar-refractivity contribution in [1.82, 2.24) is 5.32 Å². The fourth-order valence-electron chi connectivity index (χ4n) is 2.51. The van der Waals surface area contributed by atoms with Crippen LogP contribution in [-0.2, 0) is 25.4 Å². The van der Waals surface area contributed by atoms with Crippen LogP contribution in [-0.4, -0.2) is 50.2 Å². The van der Waals surface area contributed by atoms with E-state index in [0.29, 0.717) is 12.1 Å². The molecule has 9 heteroatoms. The van der Waals surface area contributed by atoms with Gasteiger partial charge < -0.3 is 29.0 Å². The van der Waals surface area contributed by atoms with Gasteiger partial charge in [0.2, 0.25) is 0 Å². The maximum Gasteiger partial charge on any atom is 0.514 e. The zero-order valence-corrected chi connectivity index (χ0v) is 20.8. The third kappa shape index (κ3) is 9.69. The molecule has 1 N–H and O–H groups in total. The highest BCUT2D eigenvalue weighted by molar-refractivity contribution is 5.76. The Morgan fingerprint density at radius 1 is 0.848 bits per heavy atom. The van der Waals surface area contributed by atoms with E-state index in [1.165, 1.54) is 19.2 Å². The van der Waals surface area contributed by atoms with E-state index in [0.717, 1.165) is 0 Å². The first-order chi connectivity index (χ1) is 15.5. The minimum absolute atomic E-state index is 0.00748. The van der Waals surface area contributed by atoms with Crippen molar-refractivity contribution in [2.75, 3.05) is 13.7 Å². The minimum Gasteiger partial charge on any atom is -0.468 e. The van der Waals surface area contributed by atoms with Crippen molar-refractivity contribution in [3.8, 4) is 11.5 Å². The van der Waals surface area contributed by atoms with E-state index in [2.05, 4.69) is 5.32 Å². The van der Waals surface area contributed by atoms with Crippen LogP contribution in [0.4, 0.5) is 9.59 Å². The smallest absolute Gasteiger partial charge is 0.468 e. The molecule has 0 spiro atoms. The van der Waals surface area contributed by atoms with Crippen molar-refractivity contribution in [3.63, 3.8) is 0 Å². The van der Waals surface area contributed by atoms with E-state index < -0.39 is 24.3 Å². The summed E-state index contributed by atoms with van der Waals surface area (Å²) in [6.45, 7) is 13.6. The fraction of sp³-hybridized carbons (Fsp3) is 0.625. The third-order valence-electron chi connectivity index (χ3n) is 5.21. The van der Waals surface area contributed by atoms with Crippen LogP contribution in [0.15, 0.2) is 18.2 Å². The number of ether oxygens (including phenoxy) is 5. The molecule has 33 heavy (non-hydrogen) atoms. The van der Waals surface area contributed by atoms with Gasteiger partial charge in [-0.3, -0.25) is 4.79 Å². The third-order valence-corrected chi connectivity index (χ3v) is 5.21. The molecule has 1 aromatic rings. The van der Waals surface area contributed by atoms with Gasteiger partial charge in [-0.15, -0.1) is 0 Å². The van der Waals surface area contributed by atoms with Crippen LogP contribution in [0.1, 0.15) is 54.0 Å². The van der Waals surface area contributed by atoms with Crippen molar-refractivity contribution >= 4 is 18.3 Å². The van der Waals surface area contributed by atoms with Gasteiger partial charge in [0.25, 0.3) is 0 Å². The summed E-state index contributed by atoms with van der Waals surface area (Å²) in [6.07, 6.45) is -2.32. The maximum atomic E-state index is 12.3. The molecule has 0 aliphatic carbocycles. The number of likely N-dealkylation sites (N-methyl/N-ethyl adjacent to an activating group) is 1. The van der Waals surface area contributed by atoms with Gasteiger partial charge in [0.1, 0.15) is 18.2 Å².